The summed E-state index contributed by atoms with van der Waals surface area (Å²) >= 11 is 5.73. The van der Waals surface area contributed by atoms with Gasteiger partial charge in [0.05, 0.1) is 29.2 Å². The number of ether oxygens (including phenoxy) is 1. The molecule has 2 atom stereocenters. The van der Waals surface area contributed by atoms with E-state index in [2.05, 4.69) is 10.3 Å². The number of hydrogen-bond acceptors (Lipinski definition) is 5. The van der Waals surface area contributed by atoms with E-state index < -0.39 is 4.92 Å². The van der Waals surface area contributed by atoms with E-state index in [0.717, 1.165) is 6.42 Å². The Balaban J connectivity index is 2.17. The number of nitrogens with one attached hydrogen (secondary N) is 1. The van der Waals surface area contributed by atoms with Crippen molar-refractivity contribution in [2.24, 2.45) is 0 Å². The number of nitrogens with zero attached hydrogens (tertiary/aromatic N) is 2. The van der Waals surface area contributed by atoms with Crippen LogP contribution in [0.5, 0.6) is 0 Å². The van der Waals surface area contributed by atoms with Crippen LogP contribution in [0.2, 0.25) is 5.15 Å². The van der Waals surface area contributed by atoms with Gasteiger partial charge in [-0.2, -0.15) is 0 Å². The third-order valence-electron chi connectivity index (χ3n) is 2.70. The predicted molar refractivity (Wildman–Crippen MR) is 63.3 cm³/mol. The fraction of sp³-hybridized carbons (Fsp3) is 0.500. The van der Waals surface area contributed by atoms with Gasteiger partial charge < -0.3 is 10.1 Å². The summed E-state index contributed by atoms with van der Waals surface area (Å²) < 4.78 is 5.39. The highest BCUT2D eigenvalue weighted by Gasteiger charge is 2.24. The highest BCUT2D eigenvalue weighted by Crippen LogP contribution is 2.23. The molecular formula is C10H12ClN3O3. The van der Waals surface area contributed by atoms with Crippen LogP contribution in [-0.2, 0) is 4.74 Å². The van der Waals surface area contributed by atoms with Crippen molar-refractivity contribution in [3.8, 4) is 0 Å². The molecule has 2 rings (SSSR count). The van der Waals surface area contributed by atoms with Crippen molar-refractivity contribution in [3.63, 3.8) is 0 Å². The summed E-state index contributed by atoms with van der Waals surface area (Å²) in [6.45, 7) is 2.63. The molecule has 1 aliphatic rings. The highest BCUT2D eigenvalue weighted by atomic mass is 35.5. The van der Waals surface area contributed by atoms with Gasteiger partial charge in [-0.05, 0) is 13.3 Å². The zero-order valence-electron chi connectivity index (χ0n) is 9.22. The molecule has 1 N–H and O–H groups in total. The van der Waals surface area contributed by atoms with Gasteiger partial charge in [0.1, 0.15) is 11.0 Å². The van der Waals surface area contributed by atoms with Gasteiger partial charge in [0.2, 0.25) is 0 Å². The smallest absolute Gasteiger partial charge is 0.276 e. The molecule has 1 saturated heterocycles. The standard InChI is InChI=1S/C10H12ClN3O3/c1-6-8(2-3-17-6)12-10-5-7(14(15)16)4-9(11)13-10/h4-6,8H,2-3H2,1H3,(H,12,13). The van der Waals surface area contributed by atoms with Crippen molar-refractivity contribution in [2.45, 2.75) is 25.5 Å². The van der Waals surface area contributed by atoms with E-state index in [1.165, 1.54) is 12.1 Å². The van der Waals surface area contributed by atoms with Gasteiger partial charge in [0.15, 0.2) is 0 Å². The van der Waals surface area contributed by atoms with Gasteiger partial charge in [-0.1, -0.05) is 11.6 Å². The molecule has 92 valence electrons. The van der Waals surface area contributed by atoms with E-state index in [1.807, 2.05) is 6.92 Å². The molecule has 0 radical (unpaired) electrons. The van der Waals surface area contributed by atoms with E-state index in [0.29, 0.717) is 12.4 Å². The van der Waals surface area contributed by atoms with Crippen molar-refractivity contribution < 1.29 is 9.66 Å². The Labute approximate surface area is 103 Å². The number of anilines is 1. The van der Waals surface area contributed by atoms with E-state index in [-0.39, 0.29) is 23.0 Å². The molecule has 1 fully saturated rings. The van der Waals surface area contributed by atoms with Gasteiger partial charge in [0.25, 0.3) is 5.69 Å². The second-order valence-electron chi connectivity index (χ2n) is 3.91. The Morgan fingerprint density at radius 3 is 3.00 bits per heavy atom. The Hall–Kier alpha value is -1.40. The molecular weight excluding hydrogens is 246 g/mol. The molecule has 7 heteroatoms. The van der Waals surface area contributed by atoms with Crippen molar-refractivity contribution >= 4 is 23.1 Å². The van der Waals surface area contributed by atoms with Crippen LogP contribution < -0.4 is 5.32 Å². The lowest BCUT2D eigenvalue weighted by atomic mass is 10.1. The molecule has 2 heterocycles. The average molecular weight is 258 g/mol. The van der Waals surface area contributed by atoms with Gasteiger partial charge in [-0.3, -0.25) is 10.1 Å². The SMILES string of the molecule is CC1OCCC1Nc1cc([N+](=O)[O-])cc(Cl)n1. The first kappa shape index (κ1) is 12.1. The number of aromatic nitrogens is 1. The minimum atomic E-state index is -0.493. The Morgan fingerprint density at radius 2 is 2.41 bits per heavy atom. The summed E-state index contributed by atoms with van der Waals surface area (Å²) in [7, 11) is 0. The van der Waals surface area contributed by atoms with E-state index >= 15 is 0 Å². The van der Waals surface area contributed by atoms with Crippen LogP contribution in [0, 0.1) is 10.1 Å². The third kappa shape index (κ3) is 2.83. The lowest BCUT2D eigenvalue weighted by Crippen LogP contribution is -2.27. The number of nitro groups is 1. The van der Waals surface area contributed by atoms with Crippen LogP contribution in [0.25, 0.3) is 0 Å². The van der Waals surface area contributed by atoms with Crippen LogP contribution in [0.1, 0.15) is 13.3 Å². The summed E-state index contributed by atoms with van der Waals surface area (Å²) in [5.41, 5.74) is -0.0703. The molecule has 0 amide bonds. The third-order valence-corrected chi connectivity index (χ3v) is 2.89. The van der Waals surface area contributed by atoms with Gasteiger partial charge in [0, 0.05) is 6.61 Å². The topological polar surface area (TPSA) is 77.3 Å². The van der Waals surface area contributed by atoms with Gasteiger partial charge in [-0.25, -0.2) is 4.98 Å². The monoisotopic (exact) mass is 257 g/mol. The number of hydrogen-bond donors (Lipinski definition) is 1. The Kier molecular flexibility index (Phi) is 3.44. The number of pyridine rings is 1. The van der Waals surface area contributed by atoms with E-state index in [4.69, 9.17) is 16.3 Å². The average Bonchev–Trinajstić information content (AvgIpc) is 2.63. The number of halogens is 1. The van der Waals surface area contributed by atoms with Crippen molar-refractivity contribution in [1.82, 2.24) is 4.98 Å². The van der Waals surface area contributed by atoms with Crippen molar-refractivity contribution in [1.29, 1.82) is 0 Å². The first-order valence-electron chi connectivity index (χ1n) is 5.26. The molecule has 1 aromatic heterocycles. The van der Waals surface area contributed by atoms with Crippen LogP contribution in [-0.4, -0.2) is 28.7 Å². The zero-order chi connectivity index (χ0) is 12.4. The van der Waals surface area contributed by atoms with Gasteiger partial charge in [-0.15, -0.1) is 0 Å². The minimum Gasteiger partial charge on any atom is -0.376 e. The molecule has 0 bridgehead atoms. The summed E-state index contributed by atoms with van der Waals surface area (Å²) in [6.07, 6.45) is 0.915. The van der Waals surface area contributed by atoms with Crippen LogP contribution in [0.3, 0.4) is 0 Å². The molecule has 0 aliphatic carbocycles. The van der Waals surface area contributed by atoms with E-state index in [9.17, 15) is 10.1 Å². The largest absolute Gasteiger partial charge is 0.376 e. The molecule has 0 saturated carbocycles. The molecule has 0 aromatic carbocycles. The van der Waals surface area contributed by atoms with Crippen molar-refractivity contribution in [2.75, 3.05) is 11.9 Å². The first-order chi connectivity index (χ1) is 8.06. The summed E-state index contributed by atoms with van der Waals surface area (Å²) in [4.78, 5) is 14.2. The normalized spacial score (nSPS) is 23.6. The van der Waals surface area contributed by atoms with Crippen LogP contribution >= 0.6 is 11.6 Å². The maximum Gasteiger partial charge on any atom is 0.276 e. The van der Waals surface area contributed by atoms with E-state index in [1.54, 1.807) is 0 Å². The Bertz CT molecular complexity index is 441. The molecule has 6 nitrogen and oxygen atoms in total. The molecule has 17 heavy (non-hydrogen) atoms. The minimum absolute atomic E-state index is 0.0647. The van der Waals surface area contributed by atoms with Crippen molar-refractivity contribution in [3.05, 3.63) is 27.4 Å². The molecule has 0 spiro atoms. The maximum absolute atomic E-state index is 10.7. The highest BCUT2D eigenvalue weighted by molar-refractivity contribution is 6.29. The quantitative estimate of drug-likeness (QED) is 0.510. The zero-order valence-corrected chi connectivity index (χ0v) is 9.98. The predicted octanol–water partition coefficient (Wildman–Crippen LogP) is 2.23. The van der Waals surface area contributed by atoms with Crippen LogP contribution in [0.4, 0.5) is 11.5 Å². The summed E-state index contributed by atoms with van der Waals surface area (Å²) in [5.74, 6) is 0.409. The van der Waals surface area contributed by atoms with Crippen LogP contribution in [0.15, 0.2) is 12.1 Å². The fourth-order valence-corrected chi connectivity index (χ4v) is 1.98. The lowest BCUT2D eigenvalue weighted by Gasteiger charge is -2.16. The maximum atomic E-state index is 10.7. The number of rotatable bonds is 3. The Morgan fingerprint density at radius 1 is 1.65 bits per heavy atom. The summed E-state index contributed by atoms with van der Waals surface area (Å²) in [5, 5.41) is 13.9. The molecule has 2 unspecified atom stereocenters. The second kappa shape index (κ2) is 4.85. The molecule has 1 aromatic rings. The second-order valence-corrected chi connectivity index (χ2v) is 4.29. The lowest BCUT2D eigenvalue weighted by molar-refractivity contribution is -0.384. The first-order valence-corrected chi connectivity index (χ1v) is 5.64. The fourth-order valence-electron chi connectivity index (χ4n) is 1.77. The van der Waals surface area contributed by atoms with Gasteiger partial charge >= 0.3 is 0 Å². The molecule has 1 aliphatic heterocycles. The summed E-state index contributed by atoms with van der Waals surface area (Å²) in [6, 6.07) is 2.71.